The number of anilines is 1. The zero-order valence-electron chi connectivity index (χ0n) is 18.6. The van der Waals surface area contributed by atoms with Gasteiger partial charge in [-0.05, 0) is 69.6 Å². The summed E-state index contributed by atoms with van der Waals surface area (Å²) in [5.74, 6) is 0.0857. The number of thiazole rings is 1. The average molecular weight is 478 g/mol. The van der Waals surface area contributed by atoms with Crippen LogP contribution in [0.2, 0.25) is 0 Å². The molecule has 0 unspecified atom stereocenters. The molecule has 1 aromatic heterocycles. The fourth-order valence-corrected chi connectivity index (χ4v) is 7.16. The third-order valence-corrected chi connectivity index (χ3v) is 9.30. The van der Waals surface area contributed by atoms with E-state index in [1.165, 1.54) is 11.3 Å². The van der Waals surface area contributed by atoms with Crippen LogP contribution in [0.4, 0.5) is 5.13 Å². The summed E-state index contributed by atoms with van der Waals surface area (Å²) < 4.78 is 29.1. The third-order valence-electron chi connectivity index (χ3n) is 6.51. The highest BCUT2D eigenvalue weighted by Crippen LogP contribution is 2.35. The van der Waals surface area contributed by atoms with E-state index in [0.29, 0.717) is 36.4 Å². The largest absolute Gasteiger partial charge is 0.393 e. The molecule has 1 heterocycles. The van der Waals surface area contributed by atoms with Crippen molar-refractivity contribution in [3.63, 3.8) is 0 Å². The van der Waals surface area contributed by atoms with Crippen molar-refractivity contribution in [1.82, 2.24) is 9.71 Å². The molecule has 1 aromatic carbocycles. The van der Waals surface area contributed by atoms with Gasteiger partial charge in [-0.15, -0.1) is 0 Å². The molecule has 0 atom stereocenters. The lowest BCUT2D eigenvalue weighted by Gasteiger charge is -2.26. The summed E-state index contributed by atoms with van der Waals surface area (Å²) in [5.41, 5.74) is 2.21. The zero-order chi connectivity index (χ0) is 22.9. The van der Waals surface area contributed by atoms with Gasteiger partial charge >= 0.3 is 0 Å². The molecule has 0 aliphatic heterocycles. The van der Waals surface area contributed by atoms with Crippen molar-refractivity contribution in [1.29, 1.82) is 0 Å². The van der Waals surface area contributed by atoms with Crippen LogP contribution in [0.25, 0.3) is 10.4 Å². The van der Waals surface area contributed by atoms with Crippen LogP contribution in [0.3, 0.4) is 0 Å². The summed E-state index contributed by atoms with van der Waals surface area (Å²) in [6.07, 6.45) is 6.20. The SMILES string of the molecule is Cc1ccc(-c2sc(NC(=O)C3CCCC3)nc2C)cc1S(=O)(=O)N[C@H]1CC[C@H](O)CC1. The van der Waals surface area contributed by atoms with Gasteiger partial charge in [-0.2, -0.15) is 0 Å². The number of aliphatic hydroxyl groups is 1. The molecule has 3 N–H and O–H groups in total. The predicted molar refractivity (Wildman–Crippen MR) is 126 cm³/mol. The van der Waals surface area contributed by atoms with Crippen LogP contribution in [0.5, 0.6) is 0 Å². The van der Waals surface area contributed by atoms with E-state index in [9.17, 15) is 18.3 Å². The number of aromatic nitrogens is 1. The fourth-order valence-electron chi connectivity index (χ4n) is 4.62. The molecule has 2 fully saturated rings. The van der Waals surface area contributed by atoms with Crippen molar-refractivity contribution in [3.05, 3.63) is 29.5 Å². The number of amides is 1. The van der Waals surface area contributed by atoms with E-state index >= 15 is 0 Å². The van der Waals surface area contributed by atoms with Gasteiger partial charge < -0.3 is 10.4 Å². The number of rotatable bonds is 6. The molecular formula is C23H31N3O4S2. The van der Waals surface area contributed by atoms with Gasteiger partial charge in [0.1, 0.15) is 0 Å². The molecule has 2 aliphatic carbocycles. The number of carbonyl (C=O) groups excluding carboxylic acids is 1. The maximum Gasteiger partial charge on any atom is 0.241 e. The lowest BCUT2D eigenvalue weighted by molar-refractivity contribution is -0.119. The Balaban J connectivity index is 1.54. The van der Waals surface area contributed by atoms with E-state index in [1.807, 2.05) is 19.1 Å². The van der Waals surface area contributed by atoms with Crippen molar-refractivity contribution in [2.24, 2.45) is 5.92 Å². The van der Waals surface area contributed by atoms with Crippen LogP contribution in [-0.4, -0.2) is 36.6 Å². The van der Waals surface area contributed by atoms with E-state index in [4.69, 9.17) is 0 Å². The van der Waals surface area contributed by atoms with E-state index in [-0.39, 0.29) is 28.9 Å². The van der Waals surface area contributed by atoms with Gasteiger partial charge in [0, 0.05) is 12.0 Å². The quantitative estimate of drug-likeness (QED) is 0.580. The van der Waals surface area contributed by atoms with Crippen LogP contribution in [0, 0.1) is 19.8 Å². The number of sulfonamides is 1. The second-order valence-electron chi connectivity index (χ2n) is 9.01. The van der Waals surface area contributed by atoms with Crippen LogP contribution >= 0.6 is 11.3 Å². The van der Waals surface area contributed by atoms with Crippen molar-refractivity contribution >= 4 is 32.4 Å². The molecule has 0 saturated heterocycles. The average Bonchev–Trinajstić information content (AvgIpc) is 3.40. The van der Waals surface area contributed by atoms with Gasteiger partial charge in [0.2, 0.25) is 15.9 Å². The number of aliphatic hydroxyl groups excluding tert-OH is 1. The predicted octanol–water partition coefficient (Wildman–Crippen LogP) is 4.14. The molecule has 4 rings (SSSR count). The highest BCUT2D eigenvalue weighted by molar-refractivity contribution is 7.89. The molecule has 7 nitrogen and oxygen atoms in total. The van der Waals surface area contributed by atoms with Crippen molar-refractivity contribution in [2.75, 3.05) is 5.32 Å². The molecule has 174 valence electrons. The first-order valence-electron chi connectivity index (χ1n) is 11.3. The maximum absolute atomic E-state index is 13.1. The smallest absolute Gasteiger partial charge is 0.241 e. The third kappa shape index (κ3) is 5.22. The summed E-state index contributed by atoms with van der Waals surface area (Å²) in [6, 6.07) is 5.24. The Kier molecular flexibility index (Phi) is 7.00. The summed E-state index contributed by atoms with van der Waals surface area (Å²) in [7, 11) is -3.69. The molecule has 2 aliphatic rings. The first-order valence-corrected chi connectivity index (χ1v) is 13.6. The molecule has 2 saturated carbocycles. The molecule has 9 heteroatoms. The second-order valence-corrected chi connectivity index (χ2v) is 11.7. The molecule has 1 amide bonds. The number of benzene rings is 1. The Morgan fingerprint density at radius 3 is 2.47 bits per heavy atom. The number of aryl methyl sites for hydroxylation is 2. The molecule has 32 heavy (non-hydrogen) atoms. The highest BCUT2D eigenvalue weighted by Gasteiger charge is 2.27. The topological polar surface area (TPSA) is 108 Å². The highest BCUT2D eigenvalue weighted by atomic mass is 32.2. The number of hydrogen-bond donors (Lipinski definition) is 3. The zero-order valence-corrected chi connectivity index (χ0v) is 20.2. The first kappa shape index (κ1) is 23.4. The Morgan fingerprint density at radius 2 is 1.78 bits per heavy atom. The van der Waals surface area contributed by atoms with E-state index < -0.39 is 10.0 Å². The van der Waals surface area contributed by atoms with Crippen LogP contribution in [-0.2, 0) is 14.8 Å². The van der Waals surface area contributed by atoms with Crippen LogP contribution < -0.4 is 10.0 Å². The van der Waals surface area contributed by atoms with E-state index in [0.717, 1.165) is 41.8 Å². The molecule has 0 spiro atoms. The van der Waals surface area contributed by atoms with Crippen molar-refractivity contribution in [3.8, 4) is 10.4 Å². The van der Waals surface area contributed by atoms with Gasteiger partial charge in [0.05, 0.1) is 21.6 Å². The standard InChI is InChI=1S/C23H31N3O4S2/c1-14-7-8-17(13-20(14)32(29,30)26-18-9-11-19(27)12-10-18)21-15(2)24-23(31-21)25-22(28)16-5-3-4-6-16/h7-8,13,16,18-19,26-27H,3-6,9-12H2,1-2H3,(H,24,25,28)/t18-,19-. The Morgan fingerprint density at radius 1 is 1.09 bits per heavy atom. The van der Waals surface area contributed by atoms with Gasteiger partial charge in [-0.1, -0.05) is 36.3 Å². The van der Waals surface area contributed by atoms with Crippen LogP contribution in [0.15, 0.2) is 23.1 Å². The lowest BCUT2D eigenvalue weighted by atomic mass is 9.94. The minimum Gasteiger partial charge on any atom is -0.393 e. The fraction of sp³-hybridized carbons (Fsp3) is 0.565. The monoisotopic (exact) mass is 477 g/mol. The number of nitrogens with one attached hydrogen (secondary N) is 2. The number of hydrogen-bond acceptors (Lipinski definition) is 6. The molecule has 0 radical (unpaired) electrons. The van der Waals surface area contributed by atoms with Gasteiger partial charge in [-0.25, -0.2) is 18.1 Å². The number of carbonyl (C=O) groups is 1. The summed E-state index contributed by atoms with van der Waals surface area (Å²) in [4.78, 5) is 18.1. The minimum absolute atomic E-state index is 0.0248. The van der Waals surface area contributed by atoms with Gasteiger partial charge in [0.25, 0.3) is 0 Å². The van der Waals surface area contributed by atoms with Crippen LogP contribution in [0.1, 0.15) is 62.6 Å². The molecular weight excluding hydrogens is 446 g/mol. The summed E-state index contributed by atoms with van der Waals surface area (Å²) in [5, 5.41) is 13.2. The Labute approximate surface area is 193 Å². The molecule has 2 aromatic rings. The lowest BCUT2D eigenvalue weighted by Crippen LogP contribution is -2.38. The van der Waals surface area contributed by atoms with Crippen molar-refractivity contribution in [2.45, 2.75) is 82.3 Å². The van der Waals surface area contributed by atoms with Gasteiger partial charge in [-0.3, -0.25) is 4.79 Å². The Bertz CT molecular complexity index is 1080. The minimum atomic E-state index is -3.69. The van der Waals surface area contributed by atoms with Crippen molar-refractivity contribution < 1.29 is 18.3 Å². The maximum atomic E-state index is 13.1. The molecule has 0 bridgehead atoms. The second kappa shape index (κ2) is 9.59. The van der Waals surface area contributed by atoms with E-state index in [2.05, 4.69) is 15.0 Å². The number of nitrogens with zero attached hydrogens (tertiary/aromatic N) is 1. The Hall–Kier alpha value is -1.81. The summed E-state index contributed by atoms with van der Waals surface area (Å²) >= 11 is 1.37. The summed E-state index contributed by atoms with van der Waals surface area (Å²) in [6.45, 7) is 3.66. The first-order chi connectivity index (χ1) is 15.2. The van der Waals surface area contributed by atoms with E-state index in [1.54, 1.807) is 13.0 Å². The van der Waals surface area contributed by atoms with Gasteiger partial charge in [0.15, 0.2) is 5.13 Å². The normalized spacial score (nSPS) is 22.2.